The molecule has 0 saturated carbocycles. The van der Waals surface area contributed by atoms with Gasteiger partial charge in [-0.25, -0.2) is 13.1 Å². The van der Waals surface area contributed by atoms with Crippen LogP contribution in [0.4, 0.5) is 0 Å². The van der Waals surface area contributed by atoms with E-state index < -0.39 is 10.0 Å². The van der Waals surface area contributed by atoms with Crippen LogP contribution in [0.2, 0.25) is 0 Å². The number of hydrogen-bond acceptors (Lipinski definition) is 4. The molecule has 0 fully saturated rings. The van der Waals surface area contributed by atoms with Gasteiger partial charge in [-0.1, -0.05) is 6.07 Å². The van der Waals surface area contributed by atoms with Crippen molar-refractivity contribution in [1.82, 2.24) is 4.72 Å². The molecule has 3 N–H and O–H groups in total. The minimum Gasteiger partial charge on any atom is -0.326 e. The summed E-state index contributed by atoms with van der Waals surface area (Å²) in [5.41, 5.74) is 6.40. The van der Waals surface area contributed by atoms with Gasteiger partial charge in [-0.05, 0) is 46.8 Å². The Bertz CT molecular complexity index is 506. The van der Waals surface area contributed by atoms with Crippen LogP contribution in [0.1, 0.15) is 12.5 Å². The minimum absolute atomic E-state index is 0.105. The molecule has 1 rings (SSSR count). The molecule has 0 aliphatic heterocycles. The molecule has 0 saturated heterocycles. The van der Waals surface area contributed by atoms with Crippen molar-refractivity contribution in [2.45, 2.75) is 24.4 Å². The molecule has 0 aliphatic carbocycles. The minimum atomic E-state index is -3.49. The molecule has 0 radical (unpaired) electrons. The van der Waals surface area contributed by atoms with Gasteiger partial charge in [0.2, 0.25) is 10.0 Å². The van der Waals surface area contributed by atoms with E-state index in [0.29, 0.717) is 11.0 Å². The highest BCUT2D eigenvalue weighted by Crippen LogP contribution is 2.23. The first-order chi connectivity index (χ1) is 8.40. The monoisotopic (exact) mass is 352 g/mol. The largest absolute Gasteiger partial charge is 0.326 e. The Morgan fingerprint density at radius 3 is 2.67 bits per heavy atom. The first-order valence-corrected chi connectivity index (χ1v) is 9.07. The Kier molecular flexibility index (Phi) is 6.13. The normalized spacial score (nSPS) is 13.6. The van der Waals surface area contributed by atoms with Crippen molar-refractivity contribution in [1.29, 1.82) is 0 Å². The molecule has 0 spiro atoms. The lowest BCUT2D eigenvalue weighted by molar-refractivity contribution is 0.570. The molecule has 0 heterocycles. The van der Waals surface area contributed by atoms with Crippen molar-refractivity contribution in [3.63, 3.8) is 0 Å². The van der Waals surface area contributed by atoms with Crippen LogP contribution in [-0.4, -0.2) is 26.5 Å². The number of nitrogens with two attached hydrogens (primary N) is 1. The van der Waals surface area contributed by atoms with Crippen LogP contribution in [0.25, 0.3) is 0 Å². The molecule has 7 heteroatoms. The molecular weight excluding hydrogens is 336 g/mol. The number of nitrogens with one attached hydrogen (secondary N) is 1. The van der Waals surface area contributed by atoms with Gasteiger partial charge < -0.3 is 5.73 Å². The molecule has 1 atom stereocenters. The van der Waals surface area contributed by atoms with E-state index in [9.17, 15) is 8.42 Å². The van der Waals surface area contributed by atoms with Gasteiger partial charge in [-0.3, -0.25) is 0 Å². The molecule has 4 nitrogen and oxygen atoms in total. The zero-order chi connectivity index (χ0) is 13.8. The molecule has 102 valence electrons. The quantitative estimate of drug-likeness (QED) is 0.820. The summed E-state index contributed by atoms with van der Waals surface area (Å²) in [6, 6.07) is 4.92. The summed E-state index contributed by atoms with van der Waals surface area (Å²) in [6.45, 7) is 2.23. The van der Waals surface area contributed by atoms with Crippen molar-refractivity contribution in [2.24, 2.45) is 5.73 Å². The van der Waals surface area contributed by atoms with Crippen LogP contribution in [0.3, 0.4) is 0 Å². The van der Waals surface area contributed by atoms with Gasteiger partial charge in [0, 0.05) is 22.8 Å². The van der Waals surface area contributed by atoms with Crippen molar-refractivity contribution in [3.8, 4) is 0 Å². The summed E-state index contributed by atoms with van der Waals surface area (Å²) in [5, 5.41) is 0. The molecule has 0 amide bonds. The van der Waals surface area contributed by atoms with Gasteiger partial charge in [0.25, 0.3) is 0 Å². The van der Waals surface area contributed by atoms with Crippen LogP contribution in [0.15, 0.2) is 27.6 Å². The van der Waals surface area contributed by atoms with Crippen LogP contribution in [0.5, 0.6) is 0 Å². The smallest absolute Gasteiger partial charge is 0.241 e. The lowest BCUT2D eigenvalue weighted by Crippen LogP contribution is -2.34. The second-order valence-electron chi connectivity index (χ2n) is 3.95. The van der Waals surface area contributed by atoms with Crippen LogP contribution in [0, 0.1) is 0 Å². The summed E-state index contributed by atoms with van der Waals surface area (Å²) in [4.78, 5) is 0.243. The summed E-state index contributed by atoms with van der Waals surface area (Å²) in [7, 11) is -3.49. The molecule has 18 heavy (non-hydrogen) atoms. The lowest BCUT2D eigenvalue weighted by atomic mass is 10.2. The van der Waals surface area contributed by atoms with Gasteiger partial charge >= 0.3 is 0 Å². The van der Waals surface area contributed by atoms with E-state index in [2.05, 4.69) is 20.7 Å². The van der Waals surface area contributed by atoms with Gasteiger partial charge in [-0.15, -0.1) is 0 Å². The predicted molar refractivity (Wildman–Crippen MR) is 80.2 cm³/mol. The van der Waals surface area contributed by atoms with E-state index in [0.717, 1.165) is 11.3 Å². The van der Waals surface area contributed by atoms with E-state index in [1.54, 1.807) is 30.0 Å². The molecular formula is C11H17BrN2O2S2. The Hall–Kier alpha value is -0.0800. The second kappa shape index (κ2) is 6.91. The molecule has 1 aromatic rings. The average Bonchev–Trinajstić information content (AvgIpc) is 2.27. The maximum Gasteiger partial charge on any atom is 0.241 e. The summed E-state index contributed by atoms with van der Waals surface area (Å²) < 4.78 is 27.5. The fraction of sp³-hybridized carbons (Fsp3) is 0.455. The molecule has 0 bridgehead atoms. The molecule has 1 aromatic carbocycles. The van der Waals surface area contributed by atoms with E-state index in [1.165, 1.54) is 0 Å². The second-order valence-corrected chi connectivity index (χ2v) is 7.39. The van der Waals surface area contributed by atoms with E-state index in [1.807, 2.05) is 13.2 Å². The van der Waals surface area contributed by atoms with Gasteiger partial charge in [0.05, 0.1) is 4.90 Å². The first-order valence-electron chi connectivity index (χ1n) is 5.40. The Balaban J connectivity index is 2.98. The highest BCUT2D eigenvalue weighted by molar-refractivity contribution is 9.10. The highest BCUT2D eigenvalue weighted by atomic mass is 79.9. The Labute approximate surface area is 121 Å². The van der Waals surface area contributed by atoms with E-state index in [4.69, 9.17) is 5.73 Å². The van der Waals surface area contributed by atoms with Crippen molar-refractivity contribution in [2.75, 3.05) is 12.0 Å². The summed E-state index contributed by atoms with van der Waals surface area (Å²) in [5.74, 6) is 0.734. The summed E-state index contributed by atoms with van der Waals surface area (Å²) >= 11 is 4.87. The topological polar surface area (TPSA) is 72.2 Å². The third-order valence-electron chi connectivity index (χ3n) is 2.29. The van der Waals surface area contributed by atoms with Gasteiger partial charge in [-0.2, -0.15) is 11.8 Å². The van der Waals surface area contributed by atoms with E-state index in [-0.39, 0.29) is 10.9 Å². The third kappa shape index (κ3) is 4.24. The highest BCUT2D eigenvalue weighted by Gasteiger charge is 2.19. The van der Waals surface area contributed by atoms with Crippen LogP contribution >= 0.6 is 27.7 Å². The Morgan fingerprint density at radius 2 is 2.17 bits per heavy atom. The van der Waals surface area contributed by atoms with Gasteiger partial charge in [0.15, 0.2) is 0 Å². The maximum absolute atomic E-state index is 12.2. The average molecular weight is 353 g/mol. The summed E-state index contributed by atoms with van der Waals surface area (Å²) in [6.07, 6.45) is 1.94. The molecule has 0 aromatic heterocycles. The maximum atomic E-state index is 12.2. The number of thioether (sulfide) groups is 1. The standard InChI is InChI=1S/C11H17BrN2O2S2/c1-8(7-17-2)14-18(15,16)11-4-3-9(6-13)5-10(11)12/h3-5,8,14H,6-7,13H2,1-2H3. The number of benzene rings is 1. The first kappa shape index (κ1) is 16.0. The van der Waals surface area contributed by atoms with E-state index >= 15 is 0 Å². The Morgan fingerprint density at radius 1 is 1.50 bits per heavy atom. The van der Waals surface area contributed by atoms with Crippen LogP contribution in [-0.2, 0) is 16.6 Å². The van der Waals surface area contributed by atoms with Crippen molar-refractivity contribution < 1.29 is 8.42 Å². The number of halogens is 1. The molecule has 1 unspecified atom stereocenters. The van der Waals surface area contributed by atoms with Gasteiger partial charge in [0.1, 0.15) is 0 Å². The number of sulfonamides is 1. The van der Waals surface area contributed by atoms with Crippen molar-refractivity contribution in [3.05, 3.63) is 28.2 Å². The fourth-order valence-electron chi connectivity index (χ4n) is 1.50. The van der Waals surface area contributed by atoms with Crippen molar-refractivity contribution >= 4 is 37.7 Å². The zero-order valence-electron chi connectivity index (χ0n) is 10.3. The fourth-order valence-corrected chi connectivity index (χ4v) is 4.56. The number of rotatable bonds is 6. The predicted octanol–water partition coefficient (Wildman–Crippen LogP) is 1.94. The molecule has 0 aliphatic rings. The SMILES string of the molecule is CSCC(C)NS(=O)(=O)c1ccc(CN)cc1Br. The number of hydrogen-bond donors (Lipinski definition) is 2. The third-order valence-corrected chi connectivity index (χ3v) is 5.69. The lowest BCUT2D eigenvalue weighted by Gasteiger charge is -2.14. The zero-order valence-corrected chi connectivity index (χ0v) is 13.5. The van der Waals surface area contributed by atoms with Crippen LogP contribution < -0.4 is 10.5 Å².